The molecule has 9 heteroatoms. The molecule has 2 atom stereocenters. The van der Waals surface area contributed by atoms with E-state index in [2.05, 4.69) is 5.32 Å². The minimum absolute atomic E-state index is 0.0888. The van der Waals surface area contributed by atoms with E-state index in [1.165, 1.54) is 42.8 Å². The van der Waals surface area contributed by atoms with E-state index in [1.807, 2.05) is 6.92 Å². The Kier molecular flexibility index (Phi) is 7.17. The van der Waals surface area contributed by atoms with Crippen LogP contribution in [0.5, 0.6) is 11.5 Å². The molecule has 168 valence electrons. The highest BCUT2D eigenvalue weighted by Gasteiger charge is 2.34. The molecule has 1 fully saturated rings. The van der Waals surface area contributed by atoms with Gasteiger partial charge in [0.2, 0.25) is 15.9 Å². The van der Waals surface area contributed by atoms with Crippen molar-refractivity contribution in [3.63, 3.8) is 0 Å². The van der Waals surface area contributed by atoms with E-state index in [1.54, 1.807) is 18.2 Å². The van der Waals surface area contributed by atoms with Crippen molar-refractivity contribution in [2.75, 3.05) is 27.3 Å². The fourth-order valence-corrected chi connectivity index (χ4v) is 5.21. The number of hydrogen-bond donors (Lipinski definition) is 1. The maximum atomic E-state index is 13.2. The summed E-state index contributed by atoms with van der Waals surface area (Å²) < 4.78 is 51.2. The van der Waals surface area contributed by atoms with Gasteiger partial charge >= 0.3 is 0 Å². The third kappa shape index (κ3) is 5.16. The van der Waals surface area contributed by atoms with Crippen LogP contribution in [0.25, 0.3) is 0 Å². The molecule has 1 aliphatic heterocycles. The standard InChI is InChI=1S/C22H27FN2O5S/c1-15(16-6-8-18(23)9-7-16)24-22(26)17-5-4-12-25(14-17)31(27,28)19-10-11-20(29-2)21(13-19)30-3/h6-11,13,15,17H,4-5,12,14H2,1-3H3,(H,24,26)/t15-,17+/m0/s1. The van der Waals surface area contributed by atoms with Gasteiger partial charge in [-0.05, 0) is 49.6 Å². The highest BCUT2D eigenvalue weighted by Crippen LogP contribution is 2.32. The molecule has 1 saturated heterocycles. The molecular weight excluding hydrogens is 423 g/mol. The summed E-state index contributed by atoms with van der Waals surface area (Å²) in [5.74, 6) is -0.267. The van der Waals surface area contributed by atoms with Crippen molar-refractivity contribution >= 4 is 15.9 Å². The van der Waals surface area contributed by atoms with Crippen molar-refractivity contribution in [2.45, 2.75) is 30.7 Å². The van der Waals surface area contributed by atoms with Gasteiger partial charge in [0.1, 0.15) is 5.82 Å². The summed E-state index contributed by atoms with van der Waals surface area (Å²) in [4.78, 5) is 12.9. The Labute approximate surface area is 182 Å². The van der Waals surface area contributed by atoms with Gasteiger partial charge in [-0.3, -0.25) is 4.79 Å². The first-order chi connectivity index (χ1) is 14.8. The van der Waals surface area contributed by atoms with Crippen LogP contribution in [0.2, 0.25) is 0 Å². The van der Waals surface area contributed by atoms with Gasteiger partial charge in [0.15, 0.2) is 11.5 Å². The summed E-state index contributed by atoms with van der Waals surface area (Å²) in [6, 6.07) is 10.1. The third-order valence-electron chi connectivity index (χ3n) is 5.48. The van der Waals surface area contributed by atoms with Crippen molar-refractivity contribution in [1.29, 1.82) is 0 Å². The first-order valence-corrected chi connectivity index (χ1v) is 11.5. The Balaban J connectivity index is 1.71. The molecule has 7 nitrogen and oxygen atoms in total. The summed E-state index contributed by atoms with van der Waals surface area (Å²) in [5.41, 5.74) is 0.778. The first-order valence-electron chi connectivity index (χ1n) is 10.0. The number of ether oxygens (including phenoxy) is 2. The highest BCUT2D eigenvalue weighted by atomic mass is 32.2. The molecule has 1 heterocycles. The van der Waals surface area contributed by atoms with Crippen LogP contribution in [0.4, 0.5) is 4.39 Å². The molecule has 1 N–H and O–H groups in total. The van der Waals surface area contributed by atoms with Crippen molar-refractivity contribution < 1.29 is 27.1 Å². The lowest BCUT2D eigenvalue weighted by atomic mass is 9.98. The van der Waals surface area contributed by atoms with Crippen LogP contribution in [0.3, 0.4) is 0 Å². The van der Waals surface area contributed by atoms with Gasteiger partial charge in [-0.25, -0.2) is 12.8 Å². The van der Waals surface area contributed by atoms with Gasteiger partial charge in [-0.15, -0.1) is 0 Å². The average molecular weight is 451 g/mol. The lowest BCUT2D eigenvalue weighted by molar-refractivity contribution is -0.126. The normalized spacial score (nSPS) is 18.3. The minimum Gasteiger partial charge on any atom is -0.493 e. The number of sulfonamides is 1. The summed E-state index contributed by atoms with van der Waals surface area (Å²) in [6.07, 6.45) is 1.18. The summed E-state index contributed by atoms with van der Waals surface area (Å²) in [5, 5.41) is 2.91. The predicted octanol–water partition coefficient (Wildman–Crippen LogP) is 3.12. The number of amides is 1. The largest absolute Gasteiger partial charge is 0.493 e. The number of rotatable bonds is 7. The Morgan fingerprint density at radius 3 is 2.45 bits per heavy atom. The number of nitrogens with zero attached hydrogens (tertiary/aromatic N) is 1. The van der Waals surface area contributed by atoms with E-state index in [-0.39, 0.29) is 29.2 Å². The molecule has 0 bridgehead atoms. The van der Waals surface area contributed by atoms with Crippen LogP contribution in [-0.4, -0.2) is 45.9 Å². The molecule has 3 rings (SSSR count). The molecule has 0 saturated carbocycles. The van der Waals surface area contributed by atoms with Crippen molar-refractivity contribution in [1.82, 2.24) is 9.62 Å². The Morgan fingerprint density at radius 1 is 1.13 bits per heavy atom. The quantitative estimate of drug-likeness (QED) is 0.701. The zero-order chi connectivity index (χ0) is 22.6. The van der Waals surface area contributed by atoms with Gasteiger partial charge in [0.25, 0.3) is 0 Å². The second-order valence-electron chi connectivity index (χ2n) is 7.50. The fraction of sp³-hybridized carbons (Fsp3) is 0.409. The Morgan fingerprint density at radius 2 is 1.81 bits per heavy atom. The Hall–Kier alpha value is -2.65. The number of hydrogen-bond acceptors (Lipinski definition) is 5. The average Bonchev–Trinajstić information content (AvgIpc) is 2.78. The SMILES string of the molecule is COc1ccc(S(=O)(=O)N2CCC[C@@H](C(=O)N[C@@H](C)c3ccc(F)cc3)C2)cc1OC. The van der Waals surface area contributed by atoms with Gasteiger partial charge in [-0.1, -0.05) is 12.1 Å². The topological polar surface area (TPSA) is 84.9 Å². The monoisotopic (exact) mass is 450 g/mol. The number of halogens is 1. The maximum absolute atomic E-state index is 13.2. The summed E-state index contributed by atoms with van der Waals surface area (Å²) >= 11 is 0. The second-order valence-corrected chi connectivity index (χ2v) is 9.44. The number of methoxy groups -OCH3 is 2. The fourth-order valence-electron chi connectivity index (χ4n) is 3.67. The molecular formula is C22H27FN2O5S. The van der Waals surface area contributed by atoms with Crippen LogP contribution >= 0.6 is 0 Å². The number of carbonyl (C=O) groups excluding carboxylic acids is 1. The van der Waals surface area contributed by atoms with E-state index in [9.17, 15) is 17.6 Å². The van der Waals surface area contributed by atoms with E-state index in [0.717, 1.165) is 5.56 Å². The van der Waals surface area contributed by atoms with Gasteiger partial charge in [-0.2, -0.15) is 4.31 Å². The highest BCUT2D eigenvalue weighted by molar-refractivity contribution is 7.89. The molecule has 2 aromatic carbocycles. The van der Waals surface area contributed by atoms with E-state index >= 15 is 0 Å². The molecule has 1 aliphatic rings. The van der Waals surface area contributed by atoms with Crippen molar-refractivity contribution in [2.24, 2.45) is 5.92 Å². The zero-order valence-electron chi connectivity index (χ0n) is 17.8. The zero-order valence-corrected chi connectivity index (χ0v) is 18.6. The molecule has 0 unspecified atom stereocenters. The Bertz CT molecular complexity index is 1030. The summed E-state index contributed by atoms with van der Waals surface area (Å²) in [6.45, 7) is 2.25. The van der Waals surface area contributed by atoms with Gasteiger partial charge in [0.05, 0.1) is 31.1 Å². The lowest BCUT2D eigenvalue weighted by Crippen LogP contribution is -2.45. The number of carbonyl (C=O) groups is 1. The van der Waals surface area contributed by atoms with Crippen molar-refractivity contribution in [3.8, 4) is 11.5 Å². The number of piperidine rings is 1. The first kappa shape index (κ1) is 23.0. The molecule has 0 radical (unpaired) electrons. The van der Waals surface area contributed by atoms with Crippen LogP contribution in [0, 0.1) is 11.7 Å². The second kappa shape index (κ2) is 9.65. The van der Waals surface area contributed by atoms with E-state index in [4.69, 9.17) is 9.47 Å². The lowest BCUT2D eigenvalue weighted by Gasteiger charge is -2.32. The number of nitrogens with one attached hydrogen (secondary N) is 1. The van der Waals surface area contributed by atoms with Crippen LogP contribution in [0.1, 0.15) is 31.4 Å². The van der Waals surface area contributed by atoms with Crippen molar-refractivity contribution in [3.05, 3.63) is 53.8 Å². The van der Waals surface area contributed by atoms with Crippen LogP contribution < -0.4 is 14.8 Å². The van der Waals surface area contributed by atoms with Crippen LogP contribution in [-0.2, 0) is 14.8 Å². The molecule has 0 spiro atoms. The number of benzene rings is 2. The van der Waals surface area contributed by atoms with E-state index < -0.39 is 15.9 Å². The molecule has 1 amide bonds. The van der Waals surface area contributed by atoms with E-state index in [0.29, 0.717) is 30.9 Å². The summed E-state index contributed by atoms with van der Waals surface area (Å²) in [7, 11) is -0.874. The molecule has 31 heavy (non-hydrogen) atoms. The third-order valence-corrected chi connectivity index (χ3v) is 7.34. The van der Waals surface area contributed by atoms with Gasteiger partial charge < -0.3 is 14.8 Å². The molecule has 0 aromatic heterocycles. The smallest absolute Gasteiger partial charge is 0.243 e. The van der Waals surface area contributed by atoms with Crippen LogP contribution in [0.15, 0.2) is 47.4 Å². The minimum atomic E-state index is -3.80. The van der Waals surface area contributed by atoms with Gasteiger partial charge in [0, 0.05) is 19.2 Å². The molecule has 0 aliphatic carbocycles. The predicted molar refractivity (Wildman–Crippen MR) is 114 cm³/mol. The molecule has 2 aromatic rings. The maximum Gasteiger partial charge on any atom is 0.243 e.